The van der Waals surface area contributed by atoms with Crippen LogP contribution in [0.1, 0.15) is 16.1 Å². The molecule has 0 saturated carbocycles. The Morgan fingerprint density at radius 2 is 1.90 bits per heavy atom. The molecule has 0 bridgehead atoms. The normalized spacial score (nSPS) is 10.2. The van der Waals surface area contributed by atoms with Gasteiger partial charge in [0, 0.05) is 11.8 Å². The molecule has 0 aliphatic carbocycles. The Morgan fingerprint density at radius 1 is 1.20 bits per heavy atom. The third kappa shape index (κ3) is 2.54. The molecule has 6 nitrogen and oxygen atoms in total. The summed E-state index contributed by atoms with van der Waals surface area (Å²) in [5.41, 5.74) is 1.23. The van der Waals surface area contributed by atoms with Crippen molar-refractivity contribution in [2.45, 2.75) is 6.92 Å². The third-order valence-electron chi connectivity index (χ3n) is 2.85. The second-order valence-corrected chi connectivity index (χ2v) is 4.07. The molecular weight excluding hydrogens is 260 g/mol. The van der Waals surface area contributed by atoms with Crippen LogP contribution >= 0.6 is 0 Å². The highest BCUT2D eigenvalue weighted by molar-refractivity contribution is 5.88. The first-order chi connectivity index (χ1) is 9.56. The van der Waals surface area contributed by atoms with E-state index in [0.717, 1.165) is 5.56 Å². The number of carboxylic acid groups (broad SMARTS) is 1. The Bertz CT molecular complexity index is 656. The maximum atomic E-state index is 10.9. The maximum absolute atomic E-state index is 10.9. The van der Waals surface area contributed by atoms with Crippen molar-refractivity contribution in [2.75, 3.05) is 14.2 Å². The Balaban J connectivity index is 2.46. The largest absolute Gasteiger partial charge is 0.493 e. The van der Waals surface area contributed by atoms with Gasteiger partial charge in [0.15, 0.2) is 17.3 Å². The zero-order chi connectivity index (χ0) is 14.7. The van der Waals surface area contributed by atoms with E-state index < -0.39 is 5.97 Å². The molecule has 1 N–H and O–H groups in total. The Hall–Kier alpha value is -2.63. The average molecular weight is 274 g/mol. The summed E-state index contributed by atoms with van der Waals surface area (Å²) in [6.07, 6.45) is 1.30. The van der Waals surface area contributed by atoms with Gasteiger partial charge >= 0.3 is 5.97 Å². The van der Waals surface area contributed by atoms with E-state index in [1.807, 2.05) is 0 Å². The van der Waals surface area contributed by atoms with Gasteiger partial charge < -0.3 is 14.6 Å². The highest BCUT2D eigenvalue weighted by Crippen LogP contribution is 2.31. The van der Waals surface area contributed by atoms with Gasteiger partial charge in [-0.25, -0.2) is 14.8 Å². The summed E-state index contributed by atoms with van der Waals surface area (Å²) in [7, 11) is 3.10. The molecule has 1 aromatic carbocycles. The standard InChI is InChI=1S/C14H14N2O4/c1-8-10(14(17)18)7-15-13(16-8)9-4-5-11(19-2)12(6-9)20-3/h4-7H,1-3H3,(H,17,18). The van der Waals surface area contributed by atoms with E-state index in [-0.39, 0.29) is 5.56 Å². The van der Waals surface area contributed by atoms with Crippen LogP contribution < -0.4 is 9.47 Å². The fourth-order valence-corrected chi connectivity index (χ4v) is 1.79. The number of aromatic carboxylic acids is 1. The summed E-state index contributed by atoms with van der Waals surface area (Å²) in [5, 5.41) is 8.96. The number of benzene rings is 1. The van der Waals surface area contributed by atoms with Crippen molar-refractivity contribution in [3.8, 4) is 22.9 Å². The zero-order valence-corrected chi connectivity index (χ0v) is 11.4. The predicted octanol–water partition coefficient (Wildman–Crippen LogP) is 2.17. The molecule has 20 heavy (non-hydrogen) atoms. The average Bonchev–Trinajstić information content (AvgIpc) is 2.45. The van der Waals surface area contributed by atoms with E-state index >= 15 is 0 Å². The minimum atomic E-state index is -1.04. The molecule has 0 unspecified atom stereocenters. The summed E-state index contributed by atoms with van der Waals surface area (Å²) >= 11 is 0. The van der Waals surface area contributed by atoms with Gasteiger partial charge in [0.2, 0.25) is 0 Å². The summed E-state index contributed by atoms with van der Waals surface area (Å²) in [4.78, 5) is 19.2. The third-order valence-corrected chi connectivity index (χ3v) is 2.85. The predicted molar refractivity (Wildman–Crippen MR) is 72.3 cm³/mol. The molecule has 0 spiro atoms. The van der Waals surface area contributed by atoms with Gasteiger partial charge in [0.05, 0.1) is 25.5 Å². The fourth-order valence-electron chi connectivity index (χ4n) is 1.79. The quantitative estimate of drug-likeness (QED) is 0.920. The molecule has 6 heteroatoms. The number of rotatable bonds is 4. The maximum Gasteiger partial charge on any atom is 0.339 e. The molecule has 104 valence electrons. The monoisotopic (exact) mass is 274 g/mol. The smallest absolute Gasteiger partial charge is 0.339 e. The summed E-state index contributed by atoms with van der Waals surface area (Å²) < 4.78 is 10.4. The van der Waals surface area contributed by atoms with Crippen molar-refractivity contribution in [3.05, 3.63) is 35.7 Å². The Labute approximate surface area is 116 Å². The van der Waals surface area contributed by atoms with Crippen molar-refractivity contribution in [1.82, 2.24) is 9.97 Å². The van der Waals surface area contributed by atoms with Crippen LogP contribution in [0.4, 0.5) is 0 Å². The minimum Gasteiger partial charge on any atom is -0.493 e. The Kier molecular flexibility index (Phi) is 3.84. The molecule has 1 aromatic heterocycles. The number of hydrogen-bond donors (Lipinski definition) is 1. The summed E-state index contributed by atoms with van der Waals surface area (Å²) in [6.45, 7) is 1.63. The lowest BCUT2D eigenvalue weighted by Gasteiger charge is -2.09. The summed E-state index contributed by atoms with van der Waals surface area (Å²) in [6, 6.07) is 5.28. The number of nitrogens with zero attached hydrogens (tertiary/aromatic N) is 2. The van der Waals surface area contributed by atoms with Crippen LogP contribution in [0.5, 0.6) is 11.5 Å². The van der Waals surface area contributed by atoms with Crippen LogP contribution in [0.3, 0.4) is 0 Å². The molecule has 0 atom stereocenters. The highest BCUT2D eigenvalue weighted by Gasteiger charge is 2.12. The van der Waals surface area contributed by atoms with Gasteiger partial charge in [-0.05, 0) is 25.1 Å². The van der Waals surface area contributed by atoms with Crippen LogP contribution in [-0.4, -0.2) is 35.3 Å². The summed E-state index contributed by atoms with van der Waals surface area (Å²) in [5.74, 6) is 0.568. The van der Waals surface area contributed by atoms with Crippen molar-refractivity contribution in [1.29, 1.82) is 0 Å². The van der Waals surface area contributed by atoms with Gasteiger partial charge in [-0.1, -0.05) is 0 Å². The van der Waals surface area contributed by atoms with Crippen molar-refractivity contribution >= 4 is 5.97 Å². The van der Waals surface area contributed by atoms with Crippen molar-refractivity contribution in [3.63, 3.8) is 0 Å². The number of ether oxygens (including phenoxy) is 2. The molecule has 0 saturated heterocycles. The van der Waals surface area contributed by atoms with E-state index in [0.29, 0.717) is 23.0 Å². The fraction of sp³-hybridized carbons (Fsp3) is 0.214. The number of hydrogen-bond acceptors (Lipinski definition) is 5. The lowest BCUT2D eigenvalue weighted by molar-refractivity contribution is 0.0695. The van der Waals surface area contributed by atoms with Gasteiger partial charge in [-0.3, -0.25) is 0 Å². The second-order valence-electron chi connectivity index (χ2n) is 4.07. The van der Waals surface area contributed by atoms with Gasteiger partial charge in [0.25, 0.3) is 0 Å². The van der Waals surface area contributed by atoms with Gasteiger partial charge in [0.1, 0.15) is 0 Å². The second kappa shape index (κ2) is 5.56. The van der Waals surface area contributed by atoms with Gasteiger partial charge in [-0.15, -0.1) is 0 Å². The van der Waals surface area contributed by atoms with Crippen molar-refractivity contribution < 1.29 is 19.4 Å². The van der Waals surface area contributed by atoms with Crippen LogP contribution in [0.25, 0.3) is 11.4 Å². The lowest BCUT2D eigenvalue weighted by Crippen LogP contribution is -2.04. The van der Waals surface area contributed by atoms with Crippen LogP contribution in [0.2, 0.25) is 0 Å². The van der Waals surface area contributed by atoms with E-state index in [9.17, 15) is 4.79 Å². The minimum absolute atomic E-state index is 0.0919. The number of aryl methyl sites for hydroxylation is 1. The van der Waals surface area contributed by atoms with Gasteiger partial charge in [-0.2, -0.15) is 0 Å². The topological polar surface area (TPSA) is 81.5 Å². The molecule has 1 heterocycles. The molecule has 2 aromatic rings. The first-order valence-electron chi connectivity index (χ1n) is 5.86. The van der Waals surface area contributed by atoms with E-state index in [1.54, 1.807) is 39.3 Å². The molecule has 0 aliphatic rings. The number of aromatic nitrogens is 2. The van der Waals surface area contributed by atoms with Crippen LogP contribution in [0, 0.1) is 6.92 Å². The van der Waals surface area contributed by atoms with E-state index in [4.69, 9.17) is 14.6 Å². The number of carboxylic acids is 1. The first-order valence-corrected chi connectivity index (χ1v) is 5.86. The Morgan fingerprint density at radius 3 is 2.45 bits per heavy atom. The molecule has 0 radical (unpaired) electrons. The molecule has 0 fully saturated rings. The van der Waals surface area contributed by atoms with E-state index in [1.165, 1.54) is 6.20 Å². The molecular formula is C14H14N2O4. The zero-order valence-electron chi connectivity index (χ0n) is 11.4. The first kappa shape index (κ1) is 13.8. The number of methoxy groups -OCH3 is 2. The highest BCUT2D eigenvalue weighted by atomic mass is 16.5. The SMILES string of the molecule is COc1ccc(-c2ncc(C(=O)O)c(C)n2)cc1OC. The molecule has 2 rings (SSSR count). The van der Waals surface area contributed by atoms with Crippen molar-refractivity contribution in [2.24, 2.45) is 0 Å². The molecule has 0 aliphatic heterocycles. The van der Waals surface area contributed by atoms with E-state index in [2.05, 4.69) is 9.97 Å². The lowest BCUT2D eigenvalue weighted by atomic mass is 10.1. The number of carbonyl (C=O) groups is 1. The van der Waals surface area contributed by atoms with Crippen LogP contribution in [0.15, 0.2) is 24.4 Å². The van der Waals surface area contributed by atoms with Crippen LogP contribution in [-0.2, 0) is 0 Å². The molecule has 0 amide bonds.